The van der Waals surface area contributed by atoms with Crippen LogP contribution in [0.2, 0.25) is 0 Å². The Labute approximate surface area is 76.3 Å². The van der Waals surface area contributed by atoms with Gasteiger partial charge in [-0.1, -0.05) is 0 Å². The van der Waals surface area contributed by atoms with Crippen molar-refractivity contribution in [3.05, 3.63) is 0 Å². The first-order valence-electron chi connectivity index (χ1n) is 3.69. The number of hydrogen-bond acceptors (Lipinski definition) is 5. The normalized spacial score (nSPS) is 45.2. The molecular weight excluding hydrogens is 209 g/mol. The SMILES string of the molecule is OC1O[C@@H](C(F)(F)F)[C@@H](O)[C@@H](O)[C@@H]1O. The fourth-order valence-electron chi connectivity index (χ4n) is 1.13. The van der Waals surface area contributed by atoms with E-state index in [-0.39, 0.29) is 0 Å². The number of rotatable bonds is 0. The summed E-state index contributed by atoms with van der Waals surface area (Å²) in [6, 6.07) is 0. The molecule has 1 saturated heterocycles. The van der Waals surface area contributed by atoms with E-state index >= 15 is 0 Å². The third kappa shape index (κ3) is 1.98. The lowest BCUT2D eigenvalue weighted by Crippen LogP contribution is -2.61. The quantitative estimate of drug-likeness (QED) is 0.391. The molecule has 0 amide bonds. The molecule has 4 N–H and O–H groups in total. The number of aliphatic hydroxyl groups excluding tert-OH is 4. The Bertz CT molecular complexity index is 208. The summed E-state index contributed by atoms with van der Waals surface area (Å²) in [7, 11) is 0. The number of hydrogen-bond donors (Lipinski definition) is 4. The minimum Gasteiger partial charge on any atom is -0.387 e. The van der Waals surface area contributed by atoms with Gasteiger partial charge >= 0.3 is 6.18 Å². The van der Waals surface area contributed by atoms with Crippen LogP contribution in [0.5, 0.6) is 0 Å². The van der Waals surface area contributed by atoms with E-state index in [1.54, 1.807) is 0 Å². The molecule has 0 radical (unpaired) electrons. The summed E-state index contributed by atoms with van der Waals surface area (Å²) in [5, 5.41) is 35.4. The fourth-order valence-corrected chi connectivity index (χ4v) is 1.13. The van der Waals surface area contributed by atoms with E-state index in [1.165, 1.54) is 0 Å². The van der Waals surface area contributed by atoms with E-state index in [0.717, 1.165) is 0 Å². The lowest BCUT2D eigenvalue weighted by atomic mass is 9.99. The summed E-state index contributed by atoms with van der Waals surface area (Å²) >= 11 is 0. The Morgan fingerprint density at radius 3 is 1.79 bits per heavy atom. The molecule has 14 heavy (non-hydrogen) atoms. The van der Waals surface area contributed by atoms with E-state index in [2.05, 4.69) is 4.74 Å². The Balaban J connectivity index is 2.81. The van der Waals surface area contributed by atoms with Crippen LogP contribution in [0.4, 0.5) is 13.2 Å². The van der Waals surface area contributed by atoms with Crippen molar-refractivity contribution in [3.8, 4) is 0 Å². The first kappa shape index (κ1) is 11.7. The average Bonchev–Trinajstić information content (AvgIpc) is 2.06. The van der Waals surface area contributed by atoms with Crippen molar-refractivity contribution in [2.45, 2.75) is 36.9 Å². The Hall–Kier alpha value is -0.410. The van der Waals surface area contributed by atoms with Gasteiger partial charge in [0.15, 0.2) is 12.4 Å². The van der Waals surface area contributed by atoms with Crippen LogP contribution in [0.1, 0.15) is 0 Å². The smallest absolute Gasteiger partial charge is 0.387 e. The second-order valence-corrected chi connectivity index (χ2v) is 2.96. The van der Waals surface area contributed by atoms with Gasteiger partial charge in [-0.15, -0.1) is 0 Å². The second kappa shape index (κ2) is 3.63. The van der Waals surface area contributed by atoms with Crippen LogP contribution >= 0.6 is 0 Å². The molecule has 0 aromatic heterocycles. The molecule has 0 saturated carbocycles. The summed E-state index contributed by atoms with van der Waals surface area (Å²) in [6.45, 7) is 0. The van der Waals surface area contributed by atoms with Gasteiger partial charge in [0, 0.05) is 0 Å². The van der Waals surface area contributed by atoms with Gasteiger partial charge in [-0.3, -0.25) is 0 Å². The van der Waals surface area contributed by atoms with E-state index in [4.69, 9.17) is 20.4 Å². The molecule has 0 aromatic rings. The average molecular weight is 218 g/mol. The third-order valence-electron chi connectivity index (χ3n) is 1.91. The van der Waals surface area contributed by atoms with Crippen molar-refractivity contribution in [3.63, 3.8) is 0 Å². The molecule has 1 heterocycles. The molecule has 8 heteroatoms. The molecule has 5 nitrogen and oxygen atoms in total. The molecule has 0 aromatic carbocycles. The molecule has 0 aliphatic carbocycles. The van der Waals surface area contributed by atoms with Gasteiger partial charge in [0.05, 0.1) is 0 Å². The molecular formula is C6H9F3O5. The molecule has 1 aliphatic heterocycles. The maximum Gasteiger partial charge on any atom is 0.417 e. The highest BCUT2D eigenvalue weighted by Crippen LogP contribution is 2.32. The molecule has 1 rings (SSSR count). The highest BCUT2D eigenvalue weighted by atomic mass is 19.4. The van der Waals surface area contributed by atoms with E-state index < -0.39 is 36.9 Å². The lowest BCUT2D eigenvalue weighted by molar-refractivity contribution is -0.345. The predicted octanol–water partition coefficient (Wildman–Crippen LogP) is -1.65. The molecule has 1 unspecified atom stereocenters. The monoisotopic (exact) mass is 218 g/mol. The van der Waals surface area contributed by atoms with Crippen molar-refractivity contribution in [1.82, 2.24) is 0 Å². The summed E-state index contributed by atoms with van der Waals surface area (Å²) in [4.78, 5) is 0. The van der Waals surface area contributed by atoms with Crippen LogP contribution in [0.25, 0.3) is 0 Å². The fraction of sp³-hybridized carbons (Fsp3) is 1.00. The summed E-state index contributed by atoms with van der Waals surface area (Å²) in [5.74, 6) is 0. The van der Waals surface area contributed by atoms with E-state index in [9.17, 15) is 13.2 Å². The van der Waals surface area contributed by atoms with E-state index in [0.29, 0.717) is 0 Å². The highest BCUT2D eigenvalue weighted by Gasteiger charge is 2.54. The minimum atomic E-state index is -4.92. The Kier molecular flexibility index (Phi) is 3.02. The van der Waals surface area contributed by atoms with Crippen LogP contribution in [-0.4, -0.2) is 57.3 Å². The van der Waals surface area contributed by atoms with Crippen molar-refractivity contribution >= 4 is 0 Å². The Morgan fingerprint density at radius 2 is 1.36 bits per heavy atom. The van der Waals surface area contributed by atoms with Gasteiger partial charge in [0.2, 0.25) is 0 Å². The van der Waals surface area contributed by atoms with Crippen LogP contribution < -0.4 is 0 Å². The molecule has 1 fully saturated rings. The predicted molar refractivity (Wildman–Crippen MR) is 35.0 cm³/mol. The van der Waals surface area contributed by atoms with Crippen molar-refractivity contribution < 1.29 is 38.3 Å². The summed E-state index contributed by atoms with van der Waals surface area (Å²) < 4.78 is 40.1. The largest absolute Gasteiger partial charge is 0.417 e. The van der Waals surface area contributed by atoms with Gasteiger partial charge in [0.1, 0.15) is 18.3 Å². The highest BCUT2D eigenvalue weighted by molar-refractivity contribution is 4.91. The van der Waals surface area contributed by atoms with Crippen molar-refractivity contribution in [2.24, 2.45) is 0 Å². The summed E-state index contributed by atoms with van der Waals surface area (Å²) in [6.07, 6.45) is -16.1. The van der Waals surface area contributed by atoms with Crippen molar-refractivity contribution in [2.75, 3.05) is 0 Å². The zero-order valence-corrected chi connectivity index (χ0v) is 6.72. The van der Waals surface area contributed by atoms with Gasteiger partial charge in [-0.05, 0) is 0 Å². The first-order valence-corrected chi connectivity index (χ1v) is 3.69. The van der Waals surface area contributed by atoms with E-state index in [1.807, 2.05) is 0 Å². The summed E-state index contributed by atoms with van der Waals surface area (Å²) in [5.41, 5.74) is 0. The maximum absolute atomic E-state index is 12.1. The zero-order chi connectivity index (χ0) is 11.1. The van der Waals surface area contributed by atoms with Gasteiger partial charge in [-0.25, -0.2) is 0 Å². The van der Waals surface area contributed by atoms with Gasteiger partial charge < -0.3 is 25.2 Å². The van der Waals surface area contributed by atoms with Gasteiger partial charge in [-0.2, -0.15) is 13.2 Å². The van der Waals surface area contributed by atoms with Crippen molar-refractivity contribution in [1.29, 1.82) is 0 Å². The van der Waals surface area contributed by atoms with Crippen LogP contribution in [0.15, 0.2) is 0 Å². The van der Waals surface area contributed by atoms with Crippen LogP contribution in [0.3, 0.4) is 0 Å². The first-order chi connectivity index (χ1) is 6.25. The van der Waals surface area contributed by atoms with Gasteiger partial charge in [0.25, 0.3) is 0 Å². The molecule has 0 bridgehead atoms. The second-order valence-electron chi connectivity index (χ2n) is 2.96. The number of ether oxygens (including phenoxy) is 1. The molecule has 84 valence electrons. The van der Waals surface area contributed by atoms with Crippen LogP contribution in [0, 0.1) is 0 Å². The number of aliphatic hydroxyl groups is 4. The zero-order valence-electron chi connectivity index (χ0n) is 6.72. The van der Waals surface area contributed by atoms with Crippen LogP contribution in [-0.2, 0) is 4.74 Å². The maximum atomic E-state index is 12.1. The molecule has 0 spiro atoms. The Morgan fingerprint density at radius 1 is 0.857 bits per heavy atom. The standard InChI is InChI=1S/C6H9F3O5/c7-6(8,9)4-2(11)1(10)3(12)5(13)14-4/h1-5,10-13H/t1-,2+,3+,4-,5?/m1/s1. The topological polar surface area (TPSA) is 90.2 Å². The number of halogens is 3. The molecule has 1 aliphatic rings. The minimum absolute atomic E-state index is 1.96. The lowest BCUT2D eigenvalue weighted by Gasteiger charge is -2.38. The number of alkyl halides is 3. The third-order valence-corrected chi connectivity index (χ3v) is 1.91. The molecule has 5 atom stereocenters.